The van der Waals surface area contributed by atoms with Gasteiger partial charge in [0.05, 0.1) is 12.8 Å². The summed E-state index contributed by atoms with van der Waals surface area (Å²) in [5.41, 5.74) is 0.163. The van der Waals surface area contributed by atoms with Gasteiger partial charge in [0.2, 0.25) is 0 Å². The second-order valence-electron chi connectivity index (χ2n) is 6.35. The molecule has 0 saturated heterocycles. The molecule has 1 aliphatic rings. The molecule has 0 radical (unpaired) electrons. The Morgan fingerprint density at radius 2 is 1.96 bits per heavy atom. The molecule has 0 aliphatic carbocycles. The number of hydrogen-bond acceptors (Lipinski definition) is 4. The maximum Gasteiger partial charge on any atom is 0.268 e. The summed E-state index contributed by atoms with van der Waals surface area (Å²) in [6.07, 6.45) is 4.02. The third-order valence-corrected chi connectivity index (χ3v) is 4.78. The van der Waals surface area contributed by atoms with Crippen LogP contribution in [0.2, 0.25) is 0 Å². The lowest BCUT2D eigenvalue weighted by Crippen LogP contribution is -2.42. The first-order valence-corrected chi connectivity index (χ1v) is 8.62. The van der Waals surface area contributed by atoms with E-state index in [-0.39, 0.29) is 6.61 Å². The highest BCUT2D eigenvalue weighted by atomic mass is 16.5. The summed E-state index contributed by atoms with van der Waals surface area (Å²) in [7, 11) is 1.55. The van der Waals surface area contributed by atoms with Gasteiger partial charge in [0.15, 0.2) is 5.60 Å². The van der Waals surface area contributed by atoms with Crippen molar-refractivity contribution in [2.24, 2.45) is 5.92 Å². The predicted molar refractivity (Wildman–Crippen MR) is 100 cm³/mol. The van der Waals surface area contributed by atoms with Crippen molar-refractivity contribution in [2.75, 3.05) is 18.6 Å². The normalized spacial score (nSPS) is 20.5. The number of para-hydroxylation sites is 1. The Labute approximate surface area is 153 Å². The van der Waals surface area contributed by atoms with Crippen molar-refractivity contribution in [1.29, 1.82) is 0 Å². The third-order valence-electron chi connectivity index (χ3n) is 4.78. The molecule has 2 N–H and O–H groups in total. The number of aliphatic hydroxyl groups is 2. The summed E-state index contributed by atoms with van der Waals surface area (Å²) in [6, 6.07) is 14.6. The summed E-state index contributed by atoms with van der Waals surface area (Å²) < 4.78 is 5.30. The first-order valence-electron chi connectivity index (χ1n) is 8.62. The zero-order valence-electron chi connectivity index (χ0n) is 14.9. The Morgan fingerprint density at radius 3 is 2.62 bits per heavy atom. The van der Waals surface area contributed by atoms with E-state index in [4.69, 9.17) is 9.84 Å². The molecule has 0 fully saturated rings. The van der Waals surface area contributed by atoms with Gasteiger partial charge in [0.1, 0.15) is 5.75 Å². The van der Waals surface area contributed by atoms with Crippen LogP contribution >= 0.6 is 0 Å². The molecule has 2 aromatic rings. The van der Waals surface area contributed by atoms with Gasteiger partial charge in [0, 0.05) is 23.8 Å². The monoisotopic (exact) mass is 353 g/mol. The van der Waals surface area contributed by atoms with E-state index < -0.39 is 17.4 Å². The standard InChI is InChI=1S/C21H23NO4/c1-15(8-6-7-13-23)21(25)18-14-17(26-2)11-12-19(18)22(20(21)24)16-9-4-3-5-10-16/h3-6,8-12,14-15,23,25H,7,13H2,1-2H3/b8-6+/t15-,21+/m1/s1. The van der Waals surface area contributed by atoms with Crippen LogP contribution in [0.15, 0.2) is 60.7 Å². The summed E-state index contributed by atoms with van der Waals surface area (Å²) in [5.74, 6) is -0.286. The van der Waals surface area contributed by atoms with Crippen LogP contribution in [-0.4, -0.2) is 29.8 Å². The van der Waals surface area contributed by atoms with Crippen molar-refractivity contribution >= 4 is 17.3 Å². The lowest BCUT2D eigenvalue weighted by atomic mass is 9.83. The van der Waals surface area contributed by atoms with Crippen LogP contribution in [0, 0.1) is 5.92 Å². The fourth-order valence-corrected chi connectivity index (χ4v) is 3.33. The van der Waals surface area contributed by atoms with Crippen molar-refractivity contribution in [1.82, 2.24) is 0 Å². The fraction of sp³-hybridized carbons (Fsp3) is 0.286. The van der Waals surface area contributed by atoms with E-state index in [0.717, 1.165) is 0 Å². The highest BCUT2D eigenvalue weighted by Gasteiger charge is 2.53. The second kappa shape index (κ2) is 7.32. The number of amides is 1. The van der Waals surface area contributed by atoms with E-state index in [2.05, 4.69) is 0 Å². The molecule has 136 valence electrons. The molecular formula is C21H23NO4. The van der Waals surface area contributed by atoms with E-state index in [0.29, 0.717) is 29.1 Å². The van der Waals surface area contributed by atoms with Crippen molar-refractivity contribution < 1.29 is 19.7 Å². The number of carbonyl (C=O) groups is 1. The van der Waals surface area contributed by atoms with Crippen molar-refractivity contribution in [3.05, 3.63) is 66.2 Å². The number of ether oxygens (including phenoxy) is 1. The lowest BCUT2D eigenvalue weighted by Gasteiger charge is -2.27. The number of rotatable bonds is 6. The van der Waals surface area contributed by atoms with Gasteiger partial charge in [-0.1, -0.05) is 37.3 Å². The largest absolute Gasteiger partial charge is 0.497 e. The van der Waals surface area contributed by atoms with Gasteiger partial charge in [-0.3, -0.25) is 9.69 Å². The molecule has 0 unspecified atom stereocenters. The Balaban J connectivity index is 2.13. The van der Waals surface area contributed by atoms with Crippen LogP contribution in [0.5, 0.6) is 5.75 Å². The SMILES string of the molecule is COc1ccc2c(c1)[C@@](O)([C@H](C)/C=C/CCO)C(=O)N2c1ccccc1. The number of anilines is 2. The van der Waals surface area contributed by atoms with E-state index in [1.54, 1.807) is 49.3 Å². The van der Waals surface area contributed by atoms with Gasteiger partial charge < -0.3 is 14.9 Å². The number of nitrogens with zero attached hydrogens (tertiary/aromatic N) is 1. The molecule has 5 heteroatoms. The predicted octanol–water partition coefficient (Wildman–Crippen LogP) is 3.14. The minimum atomic E-state index is -1.70. The highest BCUT2D eigenvalue weighted by molar-refractivity contribution is 6.12. The number of hydrogen-bond donors (Lipinski definition) is 2. The molecule has 1 heterocycles. The Morgan fingerprint density at radius 1 is 1.23 bits per heavy atom. The van der Waals surface area contributed by atoms with E-state index in [9.17, 15) is 9.90 Å². The molecular weight excluding hydrogens is 330 g/mol. The van der Waals surface area contributed by atoms with Crippen molar-refractivity contribution in [2.45, 2.75) is 18.9 Å². The van der Waals surface area contributed by atoms with Gasteiger partial charge >= 0.3 is 0 Å². The van der Waals surface area contributed by atoms with Crippen LogP contribution in [0.4, 0.5) is 11.4 Å². The molecule has 1 aliphatic heterocycles. The van der Waals surface area contributed by atoms with E-state index in [1.165, 1.54) is 0 Å². The fourth-order valence-electron chi connectivity index (χ4n) is 3.33. The summed E-state index contributed by atoms with van der Waals surface area (Å²) >= 11 is 0. The maximum absolute atomic E-state index is 13.3. The number of benzene rings is 2. The van der Waals surface area contributed by atoms with Crippen molar-refractivity contribution in [3.63, 3.8) is 0 Å². The maximum atomic E-state index is 13.3. The van der Waals surface area contributed by atoms with Gasteiger partial charge in [-0.2, -0.15) is 0 Å². The Kier molecular flexibility index (Phi) is 5.11. The molecule has 1 amide bonds. The third kappa shape index (κ3) is 2.89. The Bertz CT molecular complexity index is 818. The smallest absolute Gasteiger partial charge is 0.268 e. The van der Waals surface area contributed by atoms with Crippen LogP contribution < -0.4 is 9.64 Å². The Hall–Kier alpha value is -2.63. The average Bonchev–Trinajstić information content (AvgIpc) is 2.90. The molecule has 0 aromatic heterocycles. The zero-order chi connectivity index (χ0) is 18.7. The van der Waals surface area contributed by atoms with Crippen molar-refractivity contribution in [3.8, 4) is 5.75 Å². The van der Waals surface area contributed by atoms with E-state index >= 15 is 0 Å². The topological polar surface area (TPSA) is 70.0 Å². The quantitative estimate of drug-likeness (QED) is 0.783. The van der Waals surface area contributed by atoms with Crippen LogP contribution in [-0.2, 0) is 10.4 Å². The lowest BCUT2D eigenvalue weighted by molar-refractivity contribution is -0.138. The van der Waals surface area contributed by atoms with Gasteiger partial charge in [-0.05, 0) is 36.8 Å². The van der Waals surface area contributed by atoms with Crippen LogP contribution in [0.3, 0.4) is 0 Å². The number of fused-ring (bicyclic) bond motifs is 1. The molecule has 5 nitrogen and oxygen atoms in total. The number of carbonyl (C=O) groups excluding carboxylic acids is 1. The molecule has 0 bridgehead atoms. The minimum Gasteiger partial charge on any atom is -0.497 e. The van der Waals surface area contributed by atoms with E-state index in [1.807, 2.05) is 30.3 Å². The highest BCUT2D eigenvalue weighted by Crippen LogP contribution is 2.49. The molecule has 2 atom stereocenters. The van der Waals surface area contributed by atoms with Crippen LogP contribution in [0.25, 0.3) is 0 Å². The molecule has 3 rings (SSSR count). The minimum absolute atomic E-state index is 0.0240. The second-order valence-corrected chi connectivity index (χ2v) is 6.35. The number of methoxy groups -OCH3 is 1. The van der Waals surface area contributed by atoms with Gasteiger partial charge in [-0.15, -0.1) is 0 Å². The summed E-state index contributed by atoms with van der Waals surface area (Å²) in [4.78, 5) is 14.9. The van der Waals surface area contributed by atoms with Gasteiger partial charge in [0.25, 0.3) is 5.91 Å². The molecule has 0 spiro atoms. The number of aliphatic hydroxyl groups excluding tert-OH is 1. The molecule has 0 saturated carbocycles. The first-order chi connectivity index (χ1) is 12.5. The summed E-state index contributed by atoms with van der Waals surface area (Å²) in [6.45, 7) is 1.82. The zero-order valence-corrected chi connectivity index (χ0v) is 14.9. The van der Waals surface area contributed by atoms with Gasteiger partial charge in [-0.25, -0.2) is 0 Å². The summed E-state index contributed by atoms with van der Waals surface area (Å²) in [5, 5.41) is 20.4. The average molecular weight is 353 g/mol. The first kappa shape index (κ1) is 18.2. The van der Waals surface area contributed by atoms with Crippen LogP contribution in [0.1, 0.15) is 18.9 Å². The molecule has 26 heavy (non-hydrogen) atoms. The molecule has 2 aromatic carbocycles.